The van der Waals surface area contributed by atoms with Crippen molar-refractivity contribution in [1.29, 1.82) is 0 Å². The van der Waals surface area contributed by atoms with Crippen molar-refractivity contribution in [1.82, 2.24) is 4.90 Å². The molecule has 1 aromatic carbocycles. The van der Waals surface area contributed by atoms with Crippen LogP contribution in [0.1, 0.15) is 48.5 Å². The van der Waals surface area contributed by atoms with Gasteiger partial charge in [0.05, 0.1) is 6.54 Å². The predicted molar refractivity (Wildman–Crippen MR) is 90.9 cm³/mol. The summed E-state index contributed by atoms with van der Waals surface area (Å²) < 4.78 is 9.16. The largest absolute Gasteiger partial charge is 0.508 e. The molecule has 0 spiro atoms. The molecule has 0 saturated heterocycles. The lowest BCUT2D eigenvalue weighted by atomic mass is 9.81. The van der Waals surface area contributed by atoms with E-state index in [2.05, 4.69) is 18.9 Å². The number of phenolic OH excluding ortho intramolecular Hbond substituents is 1. The second-order valence-corrected chi connectivity index (χ2v) is 7.37. The minimum atomic E-state index is -0.123. The molecule has 2 N–H and O–H groups in total. The molecule has 23 heavy (non-hydrogen) atoms. The fourth-order valence-electron chi connectivity index (χ4n) is 3.37. The molecule has 1 fully saturated rings. The Morgan fingerprint density at radius 2 is 2.04 bits per heavy atom. The summed E-state index contributed by atoms with van der Waals surface area (Å²) in [6, 6.07) is 7.92. The zero-order valence-electron chi connectivity index (χ0n) is 13.2. The lowest BCUT2D eigenvalue weighted by molar-refractivity contribution is 0.0853. The molecular formula is C18H21NO3S. The lowest BCUT2D eigenvalue weighted by Gasteiger charge is -2.28. The first kappa shape index (κ1) is 16.2. The summed E-state index contributed by atoms with van der Waals surface area (Å²) in [7, 11) is 0. The first-order valence-electron chi connectivity index (χ1n) is 8.03. The summed E-state index contributed by atoms with van der Waals surface area (Å²) in [5, 5.41) is 9.78. The highest BCUT2D eigenvalue weighted by atomic mass is 32.2. The van der Waals surface area contributed by atoms with Crippen molar-refractivity contribution in [3.63, 3.8) is 0 Å². The third-order valence-electron chi connectivity index (χ3n) is 4.90. The van der Waals surface area contributed by atoms with Crippen LogP contribution in [-0.2, 0) is 6.54 Å². The molecule has 2 aliphatic rings. The van der Waals surface area contributed by atoms with Gasteiger partial charge in [-0.1, -0.05) is 18.9 Å². The molecule has 4 nitrogen and oxygen atoms in total. The molecule has 0 radical (unpaired) electrons. The molecule has 5 heteroatoms. The summed E-state index contributed by atoms with van der Waals surface area (Å²) in [6.07, 6.45) is 4.21. The van der Waals surface area contributed by atoms with E-state index in [1.807, 2.05) is 0 Å². The van der Waals surface area contributed by atoms with Gasteiger partial charge in [-0.3, -0.25) is 9.69 Å². The maximum Gasteiger partial charge on any atom is 0.266 e. The normalized spacial score (nSPS) is 24.8. The number of fused-ring (bicyclic) bond motifs is 1. The first-order chi connectivity index (χ1) is 11.1. The number of hydrogen-bond donors (Lipinski definition) is 2. The van der Waals surface area contributed by atoms with Gasteiger partial charge in [-0.2, -0.15) is 0 Å². The average Bonchev–Trinajstić information content (AvgIpc) is 2.88. The molecular weight excluding hydrogens is 310 g/mol. The van der Waals surface area contributed by atoms with Crippen LogP contribution in [0.25, 0.3) is 0 Å². The molecule has 3 rings (SSSR count). The lowest BCUT2D eigenvalue weighted by Crippen LogP contribution is -2.22. The summed E-state index contributed by atoms with van der Waals surface area (Å²) in [5.74, 6) is 4.12. The third kappa shape index (κ3) is 3.49. The molecule has 1 aliphatic heterocycles. The summed E-state index contributed by atoms with van der Waals surface area (Å²) in [4.78, 5) is 13.8. The van der Waals surface area contributed by atoms with Gasteiger partial charge in [0.1, 0.15) is 5.75 Å². The molecule has 1 unspecified atom stereocenters. The molecule has 1 atom stereocenters. The fourth-order valence-corrected chi connectivity index (χ4v) is 3.81. The monoisotopic (exact) mass is 331 g/mol. The van der Waals surface area contributed by atoms with Crippen molar-refractivity contribution in [3.8, 4) is 17.7 Å². The Morgan fingerprint density at radius 3 is 2.74 bits per heavy atom. The first-order valence-corrected chi connectivity index (χ1v) is 8.87. The van der Waals surface area contributed by atoms with E-state index in [1.54, 1.807) is 17.0 Å². The van der Waals surface area contributed by atoms with Gasteiger partial charge < -0.3 is 9.66 Å². The van der Waals surface area contributed by atoms with Crippen LogP contribution in [-0.4, -0.2) is 25.7 Å². The van der Waals surface area contributed by atoms with Crippen LogP contribution < -0.4 is 0 Å². The van der Waals surface area contributed by atoms with Gasteiger partial charge in [-0.15, -0.1) is 0 Å². The number of phenols is 1. The number of aromatic hydroxyl groups is 1. The molecule has 122 valence electrons. The van der Waals surface area contributed by atoms with E-state index < -0.39 is 0 Å². The number of carbonyl (C=O) groups excluding carboxylic acids is 1. The highest BCUT2D eigenvalue weighted by molar-refractivity contribution is 7.94. The van der Waals surface area contributed by atoms with Gasteiger partial charge in [0.25, 0.3) is 5.91 Å². The summed E-state index contributed by atoms with van der Waals surface area (Å²) in [6.45, 7) is 2.56. The van der Waals surface area contributed by atoms with Gasteiger partial charge >= 0.3 is 0 Å². The number of benzene rings is 1. The molecule has 1 aromatic rings. The highest BCUT2D eigenvalue weighted by Gasteiger charge is 2.28. The topological polar surface area (TPSA) is 60.8 Å². The van der Waals surface area contributed by atoms with Crippen LogP contribution in [0.15, 0.2) is 18.2 Å². The molecule has 1 aliphatic carbocycles. The van der Waals surface area contributed by atoms with Crippen molar-refractivity contribution in [2.45, 2.75) is 44.4 Å². The van der Waals surface area contributed by atoms with Crippen molar-refractivity contribution < 1.29 is 14.5 Å². The minimum absolute atomic E-state index is 0.112. The quantitative estimate of drug-likeness (QED) is 0.641. The van der Waals surface area contributed by atoms with E-state index in [-0.39, 0.29) is 16.9 Å². The van der Waals surface area contributed by atoms with Gasteiger partial charge in [0.15, 0.2) is 0 Å². The SMILES string of the molecule is CC(SO)C1CCC(C#CN2Cc3ccc(O)cc3C2=O)CC1. The molecule has 0 aromatic heterocycles. The smallest absolute Gasteiger partial charge is 0.266 e. The van der Waals surface area contributed by atoms with Crippen LogP contribution in [0.3, 0.4) is 0 Å². The number of hydrogen-bond acceptors (Lipinski definition) is 4. The van der Waals surface area contributed by atoms with Crippen LogP contribution in [0.2, 0.25) is 0 Å². The number of rotatable bonds is 2. The van der Waals surface area contributed by atoms with E-state index in [1.165, 1.54) is 6.07 Å². The maximum atomic E-state index is 12.3. The fraction of sp³-hybridized carbons (Fsp3) is 0.500. The Balaban J connectivity index is 1.60. The Labute approximate surface area is 141 Å². The zero-order chi connectivity index (χ0) is 16.4. The Kier molecular flexibility index (Phi) is 4.84. The Hall–Kier alpha value is -1.64. The minimum Gasteiger partial charge on any atom is -0.508 e. The van der Waals surface area contributed by atoms with Crippen molar-refractivity contribution in [2.24, 2.45) is 11.8 Å². The third-order valence-corrected chi connectivity index (χ3v) is 5.62. The van der Waals surface area contributed by atoms with E-state index >= 15 is 0 Å². The number of carbonyl (C=O) groups is 1. The summed E-state index contributed by atoms with van der Waals surface area (Å²) in [5.41, 5.74) is 1.47. The number of amides is 1. The van der Waals surface area contributed by atoms with Crippen LogP contribution >= 0.6 is 12.0 Å². The molecule has 1 amide bonds. The average molecular weight is 331 g/mol. The van der Waals surface area contributed by atoms with Crippen LogP contribution in [0.5, 0.6) is 5.75 Å². The van der Waals surface area contributed by atoms with Gasteiger partial charge in [-0.25, -0.2) is 0 Å². The van der Waals surface area contributed by atoms with Gasteiger partial charge in [0, 0.05) is 22.8 Å². The predicted octanol–water partition coefficient (Wildman–Crippen LogP) is 3.71. The highest BCUT2D eigenvalue weighted by Crippen LogP contribution is 2.34. The number of nitrogens with zero attached hydrogens (tertiary/aromatic N) is 1. The standard InChI is InChI=1S/C18H21NO3S/c1-12(23-22)14-4-2-13(3-5-14)8-9-19-11-15-6-7-16(20)10-17(15)18(19)21/h6-7,10,12-14,20,22H,2-5,11H2,1H3. The van der Waals surface area contributed by atoms with E-state index in [9.17, 15) is 9.90 Å². The zero-order valence-corrected chi connectivity index (χ0v) is 14.0. The van der Waals surface area contributed by atoms with Crippen LogP contribution in [0, 0.1) is 23.8 Å². The van der Waals surface area contributed by atoms with Crippen LogP contribution in [0.4, 0.5) is 0 Å². The Bertz CT molecular complexity index is 656. The second kappa shape index (κ2) is 6.86. The maximum absolute atomic E-state index is 12.3. The van der Waals surface area contributed by atoms with E-state index in [0.29, 0.717) is 23.9 Å². The molecule has 0 bridgehead atoms. The van der Waals surface area contributed by atoms with E-state index in [0.717, 1.165) is 43.3 Å². The van der Waals surface area contributed by atoms with Gasteiger partial charge in [-0.05, 0) is 61.3 Å². The van der Waals surface area contributed by atoms with E-state index in [4.69, 9.17) is 4.55 Å². The van der Waals surface area contributed by atoms with Crippen molar-refractivity contribution in [2.75, 3.05) is 0 Å². The molecule has 1 saturated carbocycles. The molecule has 1 heterocycles. The van der Waals surface area contributed by atoms with Crippen molar-refractivity contribution >= 4 is 17.9 Å². The van der Waals surface area contributed by atoms with Gasteiger partial charge in [0.2, 0.25) is 0 Å². The Morgan fingerprint density at radius 1 is 1.30 bits per heavy atom. The summed E-state index contributed by atoms with van der Waals surface area (Å²) >= 11 is 0.951. The second-order valence-electron chi connectivity index (χ2n) is 6.41. The van der Waals surface area contributed by atoms with Crippen molar-refractivity contribution in [3.05, 3.63) is 29.3 Å².